The zero-order chi connectivity index (χ0) is 19.4. The number of hydrogen-bond acceptors (Lipinski definition) is 3. The second-order valence-electron chi connectivity index (χ2n) is 6.27. The molecular weight excluding hydrogens is 349 g/mol. The molecule has 3 rings (SSSR count). The number of carbonyl (C=O) groups excluding carboxylic acids is 2. The number of amides is 3. The number of benzene rings is 2. The van der Waals surface area contributed by atoms with E-state index in [1.165, 1.54) is 12.1 Å². The molecule has 1 atom stereocenters. The number of nitrogens with zero attached hydrogens (tertiary/aromatic N) is 2. The Morgan fingerprint density at radius 2 is 1.89 bits per heavy atom. The Hall–Kier alpha value is -3.09. The first-order valence-electron chi connectivity index (χ1n) is 8.80. The summed E-state index contributed by atoms with van der Waals surface area (Å²) >= 11 is 0. The predicted molar refractivity (Wildman–Crippen MR) is 102 cm³/mol. The lowest BCUT2D eigenvalue weighted by Crippen LogP contribution is -2.46. The average molecular weight is 371 g/mol. The third kappa shape index (κ3) is 4.19. The summed E-state index contributed by atoms with van der Waals surface area (Å²) < 4.78 is 18.2. The Morgan fingerprint density at radius 1 is 1.22 bits per heavy atom. The largest absolute Gasteiger partial charge is 0.497 e. The molecule has 7 heteroatoms. The molecule has 0 radical (unpaired) electrons. The molecule has 1 aliphatic rings. The van der Waals surface area contributed by atoms with E-state index in [0.29, 0.717) is 24.5 Å². The van der Waals surface area contributed by atoms with Gasteiger partial charge in [0.25, 0.3) is 0 Å². The fourth-order valence-corrected chi connectivity index (χ4v) is 3.13. The normalized spacial score (nSPS) is 16.3. The average Bonchev–Trinajstić information content (AvgIpc) is 3.03. The topological polar surface area (TPSA) is 61.9 Å². The minimum Gasteiger partial charge on any atom is -0.497 e. The molecule has 0 aromatic heterocycles. The van der Waals surface area contributed by atoms with Gasteiger partial charge in [-0.2, -0.15) is 0 Å². The summed E-state index contributed by atoms with van der Waals surface area (Å²) in [5.74, 6) is 0.263. The summed E-state index contributed by atoms with van der Waals surface area (Å²) in [6, 6.07) is 12.4. The van der Waals surface area contributed by atoms with Gasteiger partial charge in [-0.05, 0) is 55.5 Å². The van der Waals surface area contributed by atoms with E-state index in [2.05, 4.69) is 5.32 Å². The highest BCUT2D eigenvalue weighted by Crippen LogP contribution is 2.23. The second kappa shape index (κ2) is 8.07. The number of urea groups is 1. The van der Waals surface area contributed by atoms with Crippen LogP contribution in [0.3, 0.4) is 0 Å². The van der Waals surface area contributed by atoms with Crippen molar-refractivity contribution in [3.05, 3.63) is 54.3 Å². The summed E-state index contributed by atoms with van der Waals surface area (Å²) in [7, 11) is 1.59. The number of ether oxygens (including phenoxy) is 1. The fourth-order valence-electron chi connectivity index (χ4n) is 3.13. The van der Waals surface area contributed by atoms with Crippen LogP contribution in [0.2, 0.25) is 0 Å². The van der Waals surface area contributed by atoms with Crippen molar-refractivity contribution in [2.24, 2.45) is 0 Å². The quantitative estimate of drug-likeness (QED) is 0.878. The molecule has 27 heavy (non-hydrogen) atoms. The maximum absolute atomic E-state index is 13.1. The molecule has 0 unspecified atom stereocenters. The minimum absolute atomic E-state index is 0.0978. The molecule has 0 spiro atoms. The number of hydrogen-bond donors (Lipinski definition) is 1. The van der Waals surface area contributed by atoms with E-state index in [-0.39, 0.29) is 30.2 Å². The molecular formula is C20H22FN3O3. The van der Waals surface area contributed by atoms with Crippen LogP contribution in [0.15, 0.2) is 48.5 Å². The van der Waals surface area contributed by atoms with Gasteiger partial charge < -0.3 is 15.0 Å². The van der Waals surface area contributed by atoms with Crippen LogP contribution in [0.5, 0.6) is 5.75 Å². The lowest BCUT2D eigenvalue weighted by Gasteiger charge is -2.24. The van der Waals surface area contributed by atoms with Crippen molar-refractivity contribution in [3.63, 3.8) is 0 Å². The van der Waals surface area contributed by atoms with Gasteiger partial charge in [0.2, 0.25) is 5.91 Å². The summed E-state index contributed by atoms with van der Waals surface area (Å²) in [5, 5.41) is 2.92. The highest BCUT2D eigenvalue weighted by atomic mass is 19.1. The van der Waals surface area contributed by atoms with Crippen LogP contribution < -0.4 is 19.9 Å². The summed E-state index contributed by atoms with van der Waals surface area (Å²) in [4.78, 5) is 28.1. The van der Waals surface area contributed by atoms with E-state index in [4.69, 9.17) is 4.74 Å². The first kappa shape index (κ1) is 18.7. The molecule has 2 aromatic rings. The van der Waals surface area contributed by atoms with Gasteiger partial charge in [0, 0.05) is 30.9 Å². The number of carbonyl (C=O) groups is 2. The highest BCUT2D eigenvalue weighted by molar-refractivity contribution is 5.98. The molecule has 142 valence electrons. The lowest BCUT2D eigenvalue weighted by atomic mass is 10.2. The van der Waals surface area contributed by atoms with E-state index in [9.17, 15) is 14.0 Å². The van der Waals surface area contributed by atoms with Crippen LogP contribution in [0.4, 0.5) is 20.6 Å². The van der Waals surface area contributed by atoms with E-state index in [0.717, 1.165) is 5.69 Å². The zero-order valence-electron chi connectivity index (χ0n) is 15.3. The third-order valence-corrected chi connectivity index (χ3v) is 4.54. The van der Waals surface area contributed by atoms with Crippen molar-refractivity contribution in [1.29, 1.82) is 0 Å². The maximum atomic E-state index is 13.1. The molecule has 0 bridgehead atoms. The summed E-state index contributed by atoms with van der Waals surface area (Å²) in [5.41, 5.74) is 1.37. The number of anilines is 2. The van der Waals surface area contributed by atoms with Crippen molar-refractivity contribution < 1.29 is 18.7 Å². The first-order valence-corrected chi connectivity index (χ1v) is 8.80. The van der Waals surface area contributed by atoms with Gasteiger partial charge in [0.15, 0.2) is 0 Å². The van der Waals surface area contributed by atoms with Crippen molar-refractivity contribution in [3.8, 4) is 5.75 Å². The molecule has 6 nitrogen and oxygen atoms in total. The Balaban J connectivity index is 1.66. The van der Waals surface area contributed by atoms with Gasteiger partial charge in [-0.25, -0.2) is 9.18 Å². The van der Waals surface area contributed by atoms with Crippen LogP contribution in [-0.2, 0) is 4.79 Å². The van der Waals surface area contributed by atoms with Gasteiger partial charge in [0.05, 0.1) is 13.2 Å². The minimum atomic E-state index is -0.353. The molecule has 3 amide bonds. The van der Waals surface area contributed by atoms with Gasteiger partial charge in [0.1, 0.15) is 11.6 Å². The SMILES string of the molecule is CCN(C(=O)N[C@H]1CC(=O)N(c2ccc(F)cc2)C1)c1ccc(OC)cc1. The molecule has 2 aromatic carbocycles. The predicted octanol–water partition coefficient (Wildman–Crippen LogP) is 3.18. The van der Waals surface area contributed by atoms with Crippen LogP contribution in [0.25, 0.3) is 0 Å². The smallest absolute Gasteiger partial charge is 0.322 e. The number of rotatable bonds is 5. The van der Waals surface area contributed by atoms with Crippen molar-refractivity contribution in [2.45, 2.75) is 19.4 Å². The van der Waals surface area contributed by atoms with Gasteiger partial charge in [-0.15, -0.1) is 0 Å². The monoisotopic (exact) mass is 371 g/mol. The van der Waals surface area contributed by atoms with E-state index in [1.54, 1.807) is 41.2 Å². The molecule has 0 saturated carbocycles. The zero-order valence-corrected chi connectivity index (χ0v) is 15.3. The van der Waals surface area contributed by atoms with Crippen LogP contribution in [0, 0.1) is 5.82 Å². The molecule has 1 heterocycles. The van der Waals surface area contributed by atoms with Crippen molar-refractivity contribution in [2.75, 3.05) is 30.0 Å². The van der Waals surface area contributed by atoms with Crippen LogP contribution in [-0.4, -0.2) is 38.2 Å². The third-order valence-electron chi connectivity index (χ3n) is 4.54. The number of nitrogens with one attached hydrogen (secondary N) is 1. The van der Waals surface area contributed by atoms with Crippen molar-refractivity contribution >= 4 is 23.3 Å². The highest BCUT2D eigenvalue weighted by Gasteiger charge is 2.32. The fraction of sp³-hybridized carbons (Fsp3) is 0.300. The Bertz CT molecular complexity index is 808. The number of halogens is 1. The Labute approximate surface area is 157 Å². The first-order chi connectivity index (χ1) is 13.0. The Kier molecular flexibility index (Phi) is 5.59. The van der Waals surface area contributed by atoms with E-state index >= 15 is 0 Å². The van der Waals surface area contributed by atoms with Crippen molar-refractivity contribution in [1.82, 2.24) is 5.32 Å². The lowest BCUT2D eigenvalue weighted by molar-refractivity contribution is -0.117. The van der Waals surface area contributed by atoms with Crippen LogP contribution in [0.1, 0.15) is 13.3 Å². The molecule has 1 aliphatic heterocycles. The second-order valence-corrected chi connectivity index (χ2v) is 6.27. The van der Waals surface area contributed by atoms with E-state index < -0.39 is 0 Å². The molecule has 0 aliphatic carbocycles. The van der Waals surface area contributed by atoms with Gasteiger partial charge >= 0.3 is 6.03 Å². The van der Waals surface area contributed by atoms with Gasteiger partial charge in [-0.3, -0.25) is 9.69 Å². The molecule has 1 saturated heterocycles. The van der Waals surface area contributed by atoms with Crippen LogP contribution >= 0.6 is 0 Å². The van der Waals surface area contributed by atoms with Gasteiger partial charge in [-0.1, -0.05) is 0 Å². The Morgan fingerprint density at radius 3 is 2.48 bits per heavy atom. The number of methoxy groups -OCH3 is 1. The standard InChI is InChI=1S/C20H22FN3O3/c1-3-23(16-8-10-18(27-2)11-9-16)20(26)22-15-12-19(25)24(13-15)17-6-4-14(21)5-7-17/h4-11,15H,3,12-13H2,1-2H3,(H,22,26)/t15-/m0/s1. The molecule has 1 N–H and O–H groups in total. The summed E-state index contributed by atoms with van der Waals surface area (Å²) in [6.45, 7) is 2.73. The summed E-state index contributed by atoms with van der Waals surface area (Å²) in [6.07, 6.45) is 0.212. The molecule has 1 fully saturated rings. The maximum Gasteiger partial charge on any atom is 0.322 e. The van der Waals surface area contributed by atoms with E-state index in [1.807, 2.05) is 19.1 Å².